The minimum absolute atomic E-state index is 0.0268. The fourth-order valence-corrected chi connectivity index (χ4v) is 2.61. The molecule has 4 nitrogen and oxygen atoms in total. The van der Waals surface area contributed by atoms with Gasteiger partial charge in [0.1, 0.15) is 4.90 Å². The van der Waals surface area contributed by atoms with Gasteiger partial charge >= 0.3 is 0 Å². The van der Waals surface area contributed by atoms with Crippen LogP contribution in [-0.4, -0.2) is 13.4 Å². The summed E-state index contributed by atoms with van der Waals surface area (Å²) in [6, 6.07) is 0. The molecule has 0 unspecified atom stereocenters. The molecule has 0 fully saturated rings. The summed E-state index contributed by atoms with van der Waals surface area (Å²) in [5, 5.41) is 4.84. The molecule has 0 amide bonds. The number of pyridine rings is 1. The monoisotopic (exact) mass is 300 g/mol. The van der Waals surface area contributed by atoms with E-state index in [0.717, 1.165) is 12.4 Å². The lowest BCUT2D eigenvalue weighted by Crippen LogP contribution is -2.16. The van der Waals surface area contributed by atoms with E-state index in [1.807, 2.05) is 0 Å². The molecule has 1 heterocycles. The Hall–Kier alpha value is -0.600. The van der Waals surface area contributed by atoms with Gasteiger partial charge in [0.25, 0.3) is 6.43 Å². The third-order valence-electron chi connectivity index (χ3n) is 1.73. The Kier molecular flexibility index (Phi) is 3.74. The van der Waals surface area contributed by atoms with Crippen LogP contribution in [-0.2, 0) is 15.4 Å². The number of sulfonamides is 1. The number of primary sulfonamides is 1. The third-order valence-corrected chi connectivity index (χ3v) is 3.25. The van der Waals surface area contributed by atoms with Gasteiger partial charge in [-0.2, -0.15) is 0 Å². The number of halogens is 3. The van der Waals surface area contributed by atoms with Crippen molar-refractivity contribution in [2.24, 2.45) is 5.14 Å². The molecule has 0 bridgehead atoms. The van der Waals surface area contributed by atoms with E-state index in [-0.39, 0.29) is 15.8 Å². The van der Waals surface area contributed by atoms with Crippen LogP contribution in [0.3, 0.4) is 0 Å². The minimum atomic E-state index is -4.03. The highest BCUT2D eigenvalue weighted by Gasteiger charge is 2.21. The van der Waals surface area contributed by atoms with Crippen LogP contribution in [0.1, 0.15) is 17.6 Å². The maximum atomic E-state index is 12.5. The standard InChI is InChI=1S/C7H7BrF2N2O2S/c8-1-4-5(7(9)10)2-12-3-6(4)15(11,13)14/h2-3,7H,1H2,(H2,11,13,14). The summed E-state index contributed by atoms with van der Waals surface area (Å²) in [7, 11) is -4.03. The summed E-state index contributed by atoms with van der Waals surface area (Å²) in [5.74, 6) is 0. The molecule has 0 atom stereocenters. The van der Waals surface area contributed by atoms with E-state index < -0.39 is 22.0 Å². The Morgan fingerprint density at radius 3 is 2.47 bits per heavy atom. The number of nitrogens with two attached hydrogens (primary N) is 1. The molecule has 2 N–H and O–H groups in total. The SMILES string of the molecule is NS(=O)(=O)c1cncc(C(F)F)c1CBr. The van der Waals surface area contributed by atoms with E-state index in [1.54, 1.807) is 0 Å². The first-order valence-electron chi connectivity index (χ1n) is 3.71. The van der Waals surface area contributed by atoms with E-state index >= 15 is 0 Å². The molecule has 0 saturated heterocycles. The number of rotatable bonds is 3. The Bertz CT molecular complexity index is 464. The third kappa shape index (κ3) is 2.70. The molecule has 0 aliphatic rings. The lowest BCUT2D eigenvalue weighted by molar-refractivity contribution is 0.149. The molecule has 0 aliphatic heterocycles. The van der Waals surface area contributed by atoms with E-state index in [2.05, 4.69) is 20.9 Å². The van der Waals surface area contributed by atoms with Crippen molar-refractivity contribution in [2.75, 3.05) is 0 Å². The summed E-state index contributed by atoms with van der Waals surface area (Å²) >= 11 is 2.94. The first-order chi connectivity index (χ1) is 6.88. The molecule has 84 valence electrons. The fraction of sp³-hybridized carbons (Fsp3) is 0.286. The molecule has 0 spiro atoms. The normalized spacial score (nSPS) is 12.1. The van der Waals surface area contributed by atoms with E-state index in [0.29, 0.717) is 0 Å². The first kappa shape index (κ1) is 12.5. The van der Waals surface area contributed by atoms with Crippen LogP contribution in [0.25, 0.3) is 0 Å². The molecule has 1 rings (SSSR count). The van der Waals surface area contributed by atoms with Gasteiger partial charge in [-0.1, -0.05) is 15.9 Å². The average Bonchev–Trinajstić information content (AvgIpc) is 2.15. The number of hydrogen-bond acceptors (Lipinski definition) is 3. The molecule has 0 radical (unpaired) electrons. The summed E-state index contributed by atoms with van der Waals surface area (Å²) in [4.78, 5) is 3.04. The second kappa shape index (κ2) is 4.50. The lowest BCUT2D eigenvalue weighted by Gasteiger charge is -2.09. The maximum Gasteiger partial charge on any atom is 0.265 e. The van der Waals surface area contributed by atoms with Crippen LogP contribution in [0.4, 0.5) is 8.78 Å². The van der Waals surface area contributed by atoms with Crippen molar-refractivity contribution in [3.8, 4) is 0 Å². The summed E-state index contributed by atoms with van der Waals surface area (Å²) in [6.07, 6.45) is -0.903. The molecule has 8 heteroatoms. The lowest BCUT2D eigenvalue weighted by atomic mass is 10.2. The zero-order valence-corrected chi connectivity index (χ0v) is 9.72. The fourth-order valence-electron chi connectivity index (χ4n) is 1.06. The number of nitrogens with zero attached hydrogens (tertiary/aromatic N) is 1. The molecule has 0 aliphatic carbocycles. The summed E-state index contributed by atoms with van der Waals surface area (Å²) in [5.41, 5.74) is -0.485. The second-order valence-electron chi connectivity index (χ2n) is 2.68. The molecule has 0 saturated carbocycles. The Morgan fingerprint density at radius 1 is 1.47 bits per heavy atom. The van der Waals surface area contributed by atoms with Crippen molar-refractivity contribution in [1.82, 2.24) is 4.98 Å². The Balaban J connectivity index is 3.49. The van der Waals surface area contributed by atoms with Crippen LogP contribution >= 0.6 is 15.9 Å². The van der Waals surface area contributed by atoms with Gasteiger partial charge in [-0.05, 0) is 5.56 Å². The van der Waals surface area contributed by atoms with Crippen molar-refractivity contribution in [3.63, 3.8) is 0 Å². The van der Waals surface area contributed by atoms with E-state index in [9.17, 15) is 17.2 Å². The topological polar surface area (TPSA) is 73.1 Å². The molecule has 1 aromatic rings. The van der Waals surface area contributed by atoms with Crippen molar-refractivity contribution in [1.29, 1.82) is 0 Å². The highest BCUT2D eigenvalue weighted by molar-refractivity contribution is 9.08. The van der Waals surface area contributed by atoms with Crippen LogP contribution in [0.2, 0.25) is 0 Å². The molecule has 1 aromatic heterocycles. The van der Waals surface area contributed by atoms with Gasteiger partial charge in [0.05, 0.1) is 0 Å². The van der Waals surface area contributed by atoms with Gasteiger partial charge in [0.2, 0.25) is 10.0 Å². The van der Waals surface area contributed by atoms with Crippen LogP contribution in [0, 0.1) is 0 Å². The van der Waals surface area contributed by atoms with Gasteiger partial charge < -0.3 is 0 Å². The van der Waals surface area contributed by atoms with Gasteiger partial charge in [-0.15, -0.1) is 0 Å². The van der Waals surface area contributed by atoms with Crippen molar-refractivity contribution in [2.45, 2.75) is 16.7 Å². The number of hydrogen-bond donors (Lipinski definition) is 1. The quantitative estimate of drug-likeness (QED) is 0.861. The smallest absolute Gasteiger partial charge is 0.263 e. The van der Waals surface area contributed by atoms with Gasteiger partial charge in [0, 0.05) is 23.3 Å². The highest BCUT2D eigenvalue weighted by atomic mass is 79.9. The molecular formula is C7H7BrF2N2O2S. The zero-order chi connectivity index (χ0) is 11.6. The van der Waals surface area contributed by atoms with Crippen molar-refractivity contribution in [3.05, 3.63) is 23.5 Å². The second-order valence-corrected chi connectivity index (χ2v) is 4.78. The van der Waals surface area contributed by atoms with Crippen molar-refractivity contribution < 1.29 is 17.2 Å². The van der Waals surface area contributed by atoms with Gasteiger partial charge in [-0.25, -0.2) is 22.3 Å². The predicted octanol–water partition coefficient (Wildman–Crippen LogP) is 1.56. The molecule has 15 heavy (non-hydrogen) atoms. The van der Waals surface area contributed by atoms with Gasteiger partial charge in [-0.3, -0.25) is 4.98 Å². The maximum absolute atomic E-state index is 12.5. The average molecular weight is 301 g/mol. The number of alkyl halides is 3. The predicted molar refractivity (Wildman–Crippen MR) is 53.2 cm³/mol. The van der Waals surface area contributed by atoms with Crippen LogP contribution in [0.15, 0.2) is 17.3 Å². The largest absolute Gasteiger partial charge is 0.265 e. The van der Waals surface area contributed by atoms with Crippen molar-refractivity contribution >= 4 is 26.0 Å². The van der Waals surface area contributed by atoms with Gasteiger partial charge in [0.15, 0.2) is 0 Å². The highest BCUT2D eigenvalue weighted by Crippen LogP contribution is 2.27. The zero-order valence-electron chi connectivity index (χ0n) is 7.32. The van der Waals surface area contributed by atoms with Crippen LogP contribution < -0.4 is 5.14 Å². The Morgan fingerprint density at radius 2 is 2.07 bits per heavy atom. The summed E-state index contributed by atoms with van der Waals surface area (Å²) in [6.45, 7) is 0. The van der Waals surface area contributed by atoms with E-state index in [1.165, 1.54) is 0 Å². The molecular weight excluding hydrogens is 294 g/mol. The van der Waals surface area contributed by atoms with Crippen LogP contribution in [0.5, 0.6) is 0 Å². The first-order valence-corrected chi connectivity index (χ1v) is 6.38. The minimum Gasteiger partial charge on any atom is -0.263 e. The Labute approximate surface area is 93.7 Å². The summed E-state index contributed by atoms with van der Waals surface area (Å²) < 4.78 is 47.1. The van der Waals surface area contributed by atoms with E-state index in [4.69, 9.17) is 5.14 Å². The number of aromatic nitrogens is 1. The molecule has 0 aromatic carbocycles.